The number of nitrogens with zero attached hydrogens (tertiary/aromatic N) is 2. The molecule has 2 aliphatic heterocycles. The Balaban J connectivity index is 1.26. The van der Waals surface area contributed by atoms with Crippen LogP contribution in [0.4, 0.5) is 28.4 Å². The van der Waals surface area contributed by atoms with Crippen molar-refractivity contribution in [2.45, 2.75) is 242 Å². The molecule has 2 unspecified atom stereocenters. The standard InChI is InChI=1S/C73H95BN2O/c1-42-33-43(2)59(44(3)34-42)47-38-50-52(70(15,16)29-27-68(50,11)12)40-55(47)76-56-41-53-51(69(13,14)28-30-71(53,17)18)39-54(56)74-61-57(35-45(36-58(61)76)65(4,5)6)75(46-23-24-48-49(37-46)67(9,10)26-25-66(48,7)8)62-60-63(77-64(62)74)73(21,22)32-31-72(60,19)20/h23-24,33-41,50,52H,25-32H2,1-22H3. The monoisotopic (exact) mass is 1030 g/mol. The molecular formula is C73H95BN2O. The van der Waals surface area contributed by atoms with E-state index in [1.165, 1.54) is 138 Å². The van der Waals surface area contributed by atoms with Gasteiger partial charge in [0.1, 0.15) is 5.76 Å². The first-order valence-corrected chi connectivity index (χ1v) is 30.3. The fourth-order valence-electron chi connectivity index (χ4n) is 16.7. The lowest BCUT2D eigenvalue weighted by Gasteiger charge is -2.54. The van der Waals surface area contributed by atoms with Crippen LogP contribution in [0.25, 0.3) is 5.57 Å². The molecule has 0 bridgehead atoms. The molecular weight excluding hydrogens is 932 g/mol. The molecule has 77 heavy (non-hydrogen) atoms. The minimum Gasteiger partial charge on any atom is -0.472 e. The van der Waals surface area contributed by atoms with Crippen LogP contribution in [0.1, 0.15) is 244 Å². The van der Waals surface area contributed by atoms with E-state index in [2.05, 4.69) is 229 Å². The molecule has 3 nitrogen and oxygen atoms in total. The Hall–Kier alpha value is -4.70. The number of furan rings is 1. The van der Waals surface area contributed by atoms with Gasteiger partial charge < -0.3 is 14.2 Å². The van der Waals surface area contributed by atoms with E-state index >= 15 is 0 Å². The summed E-state index contributed by atoms with van der Waals surface area (Å²) >= 11 is 0. The SMILES string of the molecule is Cc1cc(C)c(C2=CC3C(C=C2N2c4cc5c(cc4B4c6oc7c(c6N(c6ccc8c(c6)C(C)(C)CCC8(C)C)c6cc(C(C)(C)C)cc2c64)C(C)(C)CCC7(C)C)C(C)(C)CCC5(C)C)C(C)(C)CCC3(C)C)c(C)c1. The van der Waals surface area contributed by atoms with Crippen LogP contribution in [-0.4, -0.2) is 6.71 Å². The zero-order valence-electron chi connectivity index (χ0n) is 52.0. The number of hydrogen-bond donors (Lipinski definition) is 0. The van der Waals surface area contributed by atoms with Crippen molar-refractivity contribution >= 4 is 57.3 Å². The third-order valence-corrected chi connectivity index (χ3v) is 22.2. The lowest BCUT2D eigenvalue weighted by Crippen LogP contribution is -2.62. The molecule has 2 atom stereocenters. The highest BCUT2D eigenvalue weighted by Gasteiger charge is 2.56. The molecule has 0 amide bonds. The second kappa shape index (κ2) is 16.2. The van der Waals surface area contributed by atoms with Crippen LogP contribution in [-0.2, 0) is 37.9 Å². The van der Waals surface area contributed by atoms with Gasteiger partial charge in [-0.25, -0.2) is 0 Å². The molecule has 12 rings (SSSR count). The molecule has 5 aliphatic carbocycles. The van der Waals surface area contributed by atoms with Crippen LogP contribution >= 0.6 is 0 Å². The molecule has 3 heterocycles. The van der Waals surface area contributed by atoms with Gasteiger partial charge in [-0.05, 0) is 213 Å². The first kappa shape index (κ1) is 53.0. The van der Waals surface area contributed by atoms with Gasteiger partial charge in [0.2, 0.25) is 0 Å². The number of rotatable bonds is 3. The Morgan fingerprint density at radius 3 is 1.57 bits per heavy atom. The average molecular weight is 1030 g/mol. The summed E-state index contributed by atoms with van der Waals surface area (Å²) in [6.45, 7) is 54.4. The van der Waals surface area contributed by atoms with Gasteiger partial charge >= 0.3 is 0 Å². The Morgan fingerprint density at radius 2 is 1.00 bits per heavy atom. The Labute approximate surface area is 467 Å². The van der Waals surface area contributed by atoms with Gasteiger partial charge in [-0.2, -0.15) is 0 Å². The van der Waals surface area contributed by atoms with Crippen molar-refractivity contribution < 1.29 is 4.42 Å². The van der Waals surface area contributed by atoms with Gasteiger partial charge in [0.05, 0.1) is 11.3 Å². The van der Waals surface area contributed by atoms with Gasteiger partial charge in [-0.1, -0.05) is 174 Å². The van der Waals surface area contributed by atoms with Crippen molar-refractivity contribution in [2.24, 2.45) is 22.7 Å². The van der Waals surface area contributed by atoms with E-state index in [-0.39, 0.29) is 55.4 Å². The molecule has 7 aliphatic rings. The van der Waals surface area contributed by atoms with Crippen LogP contribution in [0.2, 0.25) is 0 Å². The fraction of sp³-hybridized carbons (Fsp3) is 0.562. The van der Waals surface area contributed by atoms with E-state index in [1.54, 1.807) is 0 Å². The maximum absolute atomic E-state index is 8.01. The first-order chi connectivity index (χ1) is 35.5. The largest absolute Gasteiger partial charge is 0.472 e. The second-order valence-electron chi connectivity index (χ2n) is 32.7. The molecule has 0 saturated heterocycles. The summed E-state index contributed by atoms with van der Waals surface area (Å²) in [4.78, 5) is 5.62. The number of benzene rings is 4. The van der Waals surface area contributed by atoms with E-state index < -0.39 is 0 Å². The molecule has 4 heteroatoms. The maximum atomic E-state index is 8.01. The molecule has 0 spiro atoms. The summed E-state index contributed by atoms with van der Waals surface area (Å²) in [6.07, 6.45) is 15.0. The van der Waals surface area contributed by atoms with Crippen molar-refractivity contribution in [1.29, 1.82) is 0 Å². The normalized spacial score (nSPS) is 25.0. The summed E-state index contributed by atoms with van der Waals surface area (Å²) < 4.78 is 8.01. The quantitative estimate of drug-likeness (QED) is 0.165. The summed E-state index contributed by atoms with van der Waals surface area (Å²) in [5.74, 6) is 1.95. The van der Waals surface area contributed by atoms with E-state index in [0.717, 1.165) is 31.3 Å². The lowest BCUT2D eigenvalue weighted by atomic mass is 9.34. The lowest BCUT2D eigenvalue weighted by molar-refractivity contribution is 0.0332. The molecule has 1 saturated carbocycles. The molecule has 5 aromatic rings. The molecule has 406 valence electrons. The van der Waals surface area contributed by atoms with Crippen molar-refractivity contribution in [2.75, 3.05) is 9.80 Å². The predicted octanol–water partition coefficient (Wildman–Crippen LogP) is 18.4. The van der Waals surface area contributed by atoms with Crippen LogP contribution in [0.15, 0.2) is 76.9 Å². The smallest absolute Gasteiger partial charge is 0.297 e. The van der Waals surface area contributed by atoms with Crippen molar-refractivity contribution in [3.8, 4) is 0 Å². The van der Waals surface area contributed by atoms with E-state index in [1.807, 2.05) is 0 Å². The highest BCUT2D eigenvalue weighted by molar-refractivity contribution is 6.99. The number of fused-ring (bicyclic) bond motifs is 9. The van der Waals surface area contributed by atoms with E-state index in [9.17, 15) is 0 Å². The van der Waals surface area contributed by atoms with Crippen molar-refractivity contribution in [3.05, 3.63) is 134 Å². The van der Waals surface area contributed by atoms with Crippen LogP contribution < -0.4 is 26.4 Å². The molecule has 4 aromatic carbocycles. The maximum Gasteiger partial charge on any atom is 0.297 e. The molecule has 0 N–H and O–H groups in total. The highest BCUT2D eigenvalue weighted by Crippen LogP contribution is 2.61. The zero-order valence-corrected chi connectivity index (χ0v) is 52.0. The summed E-state index contributed by atoms with van der Waals surface area (Å²) in [5.41, 5.74) is 27.5. The van der Waals surface area contributed by atoms with Gasteiger partial charge in [-0.3, -0.25) is 0 Å². The number of anilines is 5. The minimum absolute atomic E-state index is 0.00954. The van der Waals surface area contributed by atoms with Crippen LogP contribution in [0, 0.1) is 43.4 Å². The van der Waals surface area contributed by atoms with Gasteiger partial charge in [-0.15, -0.1) is 0 Å². The Morgan fingerprint density at radius 1 is 0.506 bits per heavy atom. The van der Waals surface area contributed by atoms with Gasteiger partial charge in [0.25, 0.3) is 6.71 Å². The summed E-state index contributed by atoms with van der Waals surface area (Å²) in [7, 11) is 0. The molecule has 0 radical (unpaired) electrons. The van der Waals surface area contributed by atoms with E-state index in [0.29, 0.717) is 11.8 Å². The zero-order chi connectivity index (χ0) is 55.7. The van der Waals surface area contributed by atoms with E-state index in [4.69, 9.17) is 4.42 Å². The Kier molecular flexibility index (Phi) is 11.2. The van der Waals surface area contributed by atoms with Gasteiger partial charge in [0.15, 0.2) is 0 Å². The third kappa shape index (κ3) is 7.74. The molecule has 1 aromatic heterocycles. The van der Waals surface area contributed by atoms with Crippen molar-refractivity contribution in [1.82, 2.24) is 0 Å². The second-order valence-corrected chi connectivity index (χ2v) is 32.7. The van der Waals surface area contributed by atoms with Crippen LogP contribution in [0.3, 0.4) is 0 Å². The first-order valence-electron chi connectivity index (χ1n) is 30.3. The third-order valence-electron chi connectivity index (χ3n) is 22.2. The minimum atomic E-state index is -0.149. The average Bonchev–Trinajstić information content (AvgIpc) is 3.70. The number of aryl methyl sites for hydroxylation is 3. The Bertz CT molecular complexity index is 3390. The van der Waals surface area contributed by atoms with Crippen molar-refractivity contribution in [3.63, 3.8) is 0 Å². The number of allylic oxidation sites excluding steroid dienone is 3. The fourth-order valence-corrected chi connectivity index (χ4v) is 16.7. The highest BCUT2D eigenvalue weighted by atomic mass is 16.3. The van der Waals surface area contributed by atoms with Crippen LogP contribution in [0.5, 0.6) is 0 Å². The summed E-state index contributed by atoms with van der Waals surface area (Å²) in [6, 6.07) is 23.3. The topological polar surface area (TPSA) is 19.6 Å². The summed E-state index contributed by atoms with van der Waals surface area (Å²) in [5, 5.41) is 0. The van der Waals surface area contributed by atoms with Gasteiger partial charge in [0, 0.05) is 45.0 Å². The predicted molar refractivity (Wildman–Crippen MR) is 332 cm³/mol. The molecule has 1 fully saturated rings. The number of hydrogen-bond acceptors (Lipinski definition) is 3.